The fourth-order valence-corrected chi connectivity index (χ4v) is 4.28. The van der Waals surface area contributed by atoms with Gasteiger partial charge < -0.3 is 4.90 Å². The lowest BCUT2D eigenvalue weighted by Crippen LogP contribution is -2.27. The number of nitrogens with zero attached hydrogens (tertiary/aromatic N) is 2. The lowest BCUT2D eigenvalue weighted by atomic mass is 10.4. The molecule has 0 saturated carbocycles. The first-order valence-electron chi connectivity index (χ1n) is 6.00. The average molecular weight is 300 g/mol. The second-order valence-corrected chi connectivity index (χ2v) is 6.67. The topological polar surface area (TPSA) is 23.6 Å². The molecule has 0 aliphatic carbocycles. The lowest BCUT2D eigenvalue weighted by molar-refractivity contribution is -0.122. The summed E-state index contributed by atoms with van der Waals surface area (Å²) in [6.45, 7) is 6.85. The maximum atomic E-state index is 12.0. The van der Waals surface area contributed by atoms with Gasteiger partial charge in [0.25, 0.3) is 5.91 Å². The van der Waals surface area contributed by atoms with Gasteiger partial charge in [-0.15, -0.1) is 11.8 Å². The largest absolute Gasteiger partial charge is 0.366 e. The molecule has 0 atom stereocenters. The van der Waals surface area contributed by atoms with Crippen molar-refractivity contribution in [3.8, 4) is 0 Å². The van der Waals surface area contributed by atoms with Gasteiger partial charge in [0, 0.05) is 25.4 Å². The van der Waals surface area contributed by atoms with E-state index in [1.165, 1.54) is 16.8 Å². The maximum Gasteiger partial charge on any atom is 0.266 e. The summed E-state index contributed by atoms with van der Waals surface area (Å²) < 4.78 is 0.665. The number of thioether (sulfide) groups is 2. The second-order valence-electron chi connectivity index (χ2n) is 3.88. The van der Waals surface area contributed by atoms with Crippen molar-refractivity contribution in [1.29, 1.82) is 0 Å². The number of allylic oxidation sites excluding steroid dienone is 2. The Kier molecular flexibility index (Phi) is 4.75. The Labute approximate surface area is 122 Å². The van der Waals surface area contributed by atoms with E-state index in [-0.39, 0.29) is 5.91 Å². The molecule has 18 heavy (non-hydrogen) atoms. The Morgan fingerprint density at radius 3 is 2.72 bits per heavy atom. The Bertz CT molecular complexity index is 431. The number of thiocarbonyl (C=S) groups is 1. The van der Waals surface area contributed by atoms with Crippen LogP contribution in [0.15, 0.2) is 22.1 Å². The minimum atomic E-state index is 0.0374. The predicted molar refractivity (Wildman–Crippen MR) is 83.4 cm³/mol. The summed E-state index contributed by atoms with van der Waals surface area (Å²) >= 11 is 8.42. The molecule has 2 fully saturated rings. The minimum absolute atomic E-state index is 0.0374. The Hall–Kier alpha value is -0.460. The highest BCUT2D eigenvalue weighted by molar-refractivity contribution is 8.26. The molecule has 0 aromatic heterocycles. The molecule has 0 N–H and O–H groups in total. The number of amides is 1. The molecule has 0 radical (unpaired) electrons. The quantitative estimate of drug-likeness (QED) is 0.589. The van der Waals surface area contributed by atoms with Crippen LogP contribution in [0, 0.1) is 0 Å². The van der Waals surface area contributed by atoms with E-state index in [0.717, 1.165) is 23.7 Å². The molecule has 1 amide bonds. The van der Waals surface area contributed by atoms with Gasteiger partial charge in [0.1, 0.15) is 4.32 Å². The van der Waals surface area contributed by atoms with Crippen molar-refractivity contribution in [3.63, 3.8) is 0 Å². The molecule has 2 rings (SSSR count). The van der Waals surface area contributed by atoms with Crippen LogP contribution >= 0.6 is 35.7 Å². The van der Waals surface area contributed by atoms with Crippen LogP contribution < -0.4 is 0 Å². The van der Waals surface area contributed by atoms with Crippen LogP contribution in [0.5, 0.6) is 0 Å². The summed E-state index contributed by atoms with van der Waals surface area (Å²) in [5.74, 6) is 1.17. The van der Waals surface area contributed by atoms with Crippen LogP contribution in [0.2, 0.25) is 0 Å². The van der Waals surface area contributed by atoms with Crippen LogP contribution in [0.25, 0.3) is 0 Å². The Balaban J connectivity index is 2.13. The smallest absolute Gasteiger partial charge is 0.266 e. The lowest BCUT2D eigenvalue weighted by Gasteiger charge is -2.15. The summed E-state index contributed by atoms with van der Waals surface area (Å²) in [5.41, 5.74) is 0. The highest BCUT2D eigenvalue weighted by Crippen LogP contribution is 2.32. The second kappa shape index (κ2) is 6.12. The molecule has 2 aliphatic heterocycles. The van der Waals surface area contributed by atoms with Crippen molar-refractivity contribution in [1.82, 2.24) is 9.80 Å². The molecule has 0 bridgehead atoms. The van der Waals surface area contributed by atoms with Gasteiger partial charge >= 0.3 is 0 Å². The molecule has 6 heteroatoms. The zero-order chi connectivity index (χ0) is 13.1. The fraction of sp³-hybridized carbons (Fsp3) is 0.500. The van der Waals surface area contributed by atoms with Gasteiger partial charge in [0.15, 0.2) is 0 Å². The molecule has 0 aromatic rings. The number of rotatable bonds is 3. The van der Waals surface area contributed by atoms with E-state index >= 15 is 0 Å². The van der Waals surface area contributed by atoms with E-state index in [0.29, 0.717) is 10.9 Å². The summed E-state index contributed by atoms with van der Waals surface area (Å²) in [6, 6.07) is 0. The van der Waals surface area contributed by atoms with Gasteiger partial charge in [-0.1, -0.05) is 24.0 Å². The third-order valence-electron chi connectivity index (χ3n) is 2.87. The van der Waals surface area contributed by atoms with Crippen LogP contribution in [0.1, 0.15) is 13.8 Å². The SMILES string of the molecule is CCN1CCSC1=CC=C1SC(=S)N(CC)C1=O. The third-order valence-corrected chi connectivity index (χ3v) is 5.34. The maximum absolute atomic E-state index is 12.0. The van der Waals surface area contributed by atoms with Crippen molar-refractivity contribution in [2.45, 2.75) is 13.8 Å². The molecule has 2 aliphatic rings. The normalized spacial score (nSPS) is 25.0. The zero-order valence-electron chi connectivity index (χ0n) is 10.5. The fourth-order valence-electron chi connectivity index (χ4n) is 1.86. The van der Waals surface area contributed by atoms with Crippen molar-refractivity contribution in [3.05, 3.63) is 22.1 Å². The first-order chi connectivity index (χ1) is 8.67. The van der Waals surface area contributed by atoms with E-state index in [2.05, 4.69) is 11.8 Å². The number of carbonyl (C=O) groups is 1. The Morgan fingerprint density at radius 2 is 2.11 bits per heavy atom. The summed E-state index contributed by atoms with van der Waals surface area (Å²) in [6.07, 6.45) is 3.95. The number of carbonyl (C=O) groups excluding carboxylic acids is 1. The van der Waals surface area contributed by atoms with Crippen molar-refractivity contribution in [2.75, 3.05) is 25.4 Å². The minimum Gasteiger partial charge on any atom is -0.366 e. The molecule has 0 unspecified atom stereocenters. The van der Waals surface area contributed by atoms with E-state index in [9.17, 15) is 4.79 Å². The molecule has 98 valence electrons. The van der Waals surface area contributed by atoms with Gasteiger partial charge in [-0.2, -0.15) is 0 Å². The average Bonchev–Trinajstić information content (AvgIpc) is 2.91. The molecule has 2 saturated heterocycles. The van der Waals surface area contributed by atoms with Crippen LogP contribution in [-0.2, 0) is 4.79 Å². The molecule has 0 aromatic carbocycles. The summed E-state index contributed by atoms with van der Waals surface area (Å²) in [4.78, 5) is 16.7. The monoisotopic (exact) mass is 300 g/mol. The molecule has 0 spiro atoms. The van der Waals surface area contributed by atoms with E-state index in [1.807, 2.05) is 30.8 Å². The first kappa shape index (κ1) is 14.0. The molecular formula is C12H16N2OS3. The predicted octanol–water partition coefficient (Wildman–Crippen LogP) is 2.66. The van der Waals surface area contributed by atoms with Crippen LogP contribution in [-0.4, -0.2) is 45.4 Å². The van der Waals surface area contributed by atoms with Gasteiger partial charge in [-0.05, 0) is 26.0 Å². The number of hydrogen-bond acceptors (Lipinski definition) is 5. The molecule has 2 heterocycles. The van der Waals surface area contributed by atoms with Gasteiger partial charge in [-0.3, -0.25) is 9.69 Å². The van der Waals surface area contributed by atoms with Gasteiger partial charge in [0.05, 0.1) is 9.93 Å². The highest BCUT2D eigenvalue weighted by Gasteiger charge is 2.30. The van der Waals surface area contributed by atoms with Crippen LogP contribution in [0.4, 0.5) is 0 Å². The first-order valence-corrected chi connectivity index (χ1v) is 8.21. The Morgan fingerprint density at radius 1 is 1.33 bits per heavy atom. The van der Waals surface area contributed by atoms with E-state index < -0.39 is 0 Å². The van der Waals surface area contributed by atoms with Crippen LogP contribution in [0.3, 0.4) is 0 Å². The zero-order valence-corrected chi connectivity index (χ0v) is 13.0. The van der Waals surface area contributed by atoms with E-state index in [1.54, 1.807) is 4.90 Å². The molecule has 3 nitrogen and oxygen atoms in total. The number of hydrogen-bond donors (Lipinski definition) is 0. The molecular weight excluding hydrogens is 284 g/mol. The van der Waals surface area contributed by atoms with Gasteiger partial charge in [-0.25, -0.2) is 0 Å². The third kappa shape index (κ3) is 2.75. The van der Waals surface area contributed by atoms with E-state index in [4.69, 9.17) is 12.2 Å². The van der Waals surface area contributed by atoms with Crippen molar-refractivity contribution < 1.29 is 4.79 Å². The van der Waals surface area contributed by atoms with Crippen molar-refractivity contribution >= 4 is 46.0 Å². The van der Waals surface area contributed by atoms with Gasteiger partial charge in [0.2, 0.25) is 0 Å². The highest BCUT2D eigenvalue weighted by atomic mass is 32.2. The van der Waals surface area contributed by atoms with Crippen molar-refractivity contribution in [2.24, 2.45) is 0 Å². The standard InChI is InChI=1S/C12H16N2OS3/c1-3-13-7-8-17-10(13)6-5-9-11(15)14(4-2)12(16)18-9/h5-6H,3-4,7-8H2,1-2H3. The summed E-state index contributed by atoms with van der Waals surface area (Å²) in [5, 5.41) is 1.25. The summed E-state index contributed by atoms with van der Waals surface area (Å²) in [7, 11) is 0. The number of likely N-dealkylation sites (N-methyl/N-ethyl adjacent to an activating group) is 1.